The van der Waals surface area contributed by atoms with Crippen LogP contribution in [0.3, 0.4) is 0 Å². The zero-order valence-electron chi connectivity index (χ0n) is 18.7. The molecule has 2 aromatic carbocycles. The number of hydrogen-bond acceptors (Lipinski definition) is 4. The van der Waals surface area contributed by atoms with Gasteiger partial charge in [0.05, 0.1) is 27.3 Å². The summed E-state index contributed by atoms with van der Waals surface area (Å²) in [6.45, 7) is 3.34. The molecule has 0 bridgehead atoms. The number of ether oxygens (including phenoxy) is 2. The Morgan fingerprint density at radius 1 is 1.03 bits per heavy atom. The number of methoxy groups -OCH3 is 2. The van der Waals surface area contributed by atoms with E-state index in [1.807, 2.05) is 61.3 Å². The molecule has 2 rings (SSSR count). The molecule has 7 heteroatoms. The number of benzene rings is 2. The van der Waals surface area contributed by atoms with Crippen molar-refractivity contribution in [1.82, 2.24) is 15.1 Å². The Morgan fingerprint density at radius 2 is 1.67 bits per heavy atom. The number of hydrogen-bond donors (Lipinski definition) is 1. The first kappa shape index (κ1) is 23.1. The molecule has 0 aromatic heterocycles. The maximum Gasteiger partial charge on any atom is 0.241 e. The summed E-state index contributed by atoms with van der Waals surface area (Å²) >= 11 is 0. The summed E-state index contributed by atoms with van der Waals surface area (Å²) in [5.41, 5.74) is 3.28. The lowest BCUT2D eigenvalue weighted by molar-refractivity contribution is -0.127. The highest BCUT2D eigenvalue weighted by atomic mass is 16.5. The molecule has 2 aromatic rings. The van der Waals surface area contributed by atoms with Crippen LogP contribution in [0.4, 0.5) is 0 Å². The van der Waals surface area contributed by atoms with Crippen LogP contribution in [-0.2, 0) is 17.9 Å². The third-order valence-corrected chi connectivity index (χ3v) is 4.76. The first-order valence-electron chi connectivity index (χ1n) is 9.80. The monoisotopic (exact) mass is 412 g/mol. The summed E-state index contributed by atoms with van der Waals surface area (Å²) in [5.74, 6) is 2.03. The number of rotatable bonds is 8. The third kappa shape index (κ3) is 6.40. The Hall–Kier alpha value is -3.22. The number of carbonyl (C=O) groups excluding carboxylic acids is 1. The van der Waals surface area contributed by atoms with Crippen LogP contribution < -0.4 is 14.8 Å². The average molecular weight is 413 g/mol. The van der Waals surface area contributed by atoms with Crippen molar-refractivity contribution in [2.45, 2.75) is 20.0 Å². The molecule has 0 saturated carbocycles. The fourth-order valence-corrected chi connectivity index (χ4v) is 2.90. The molecule has 0 aliphatic heterocycles. The average Bonchev–Trinajstić information content (AvgIpc) is 2.75. The predicted octanol–water partition coefficient (Wildman–Crippen LogP) is 2.68. The minimum Gasteiger partial charge on any atom is -0.493 e. The number of carbonyl (C=O) groups is 1. The molecule has 0 radical (unpaired) electrons. The van der Waals surface area contributed by atoms with E-state index in [9.17, 15) is 4.79 Å². The van der Waals surface area contributed by atoms with Gasteiger partial charge < -0.3 is 24.6 Å². The molecule has 0 unspecified atom stereocenters. The van der Waals surface area contributed by atoms with Crippen LogP contribution in [-0.4, -0.2) is 63.6 Å². The van der Waals surface area contributed by atoms with Crippen molar-refractivity contribution in [3.8, 4) is 11.5 Å². The smallest absolute Gasteiger partial charge is 0.241 e. The van der Waals surface area contributed by atoms with Crippen molar-refractivity contribution in [3.63, 3.8) is 0 Å². The van der Waals surface area contributed by atoms with Crippen LogP contribution in [0.5, 0.6) is 11.5 Å². The van der Waals surface area contributed by atoms with E-state index in [4.69, 9.17) is 14.5 Å². The van der Waals surface area contributed by atoms with Gasteiger partial charge in [0, 0.05) is 27.7 Å². The van der Waals surface area contributed by atoms with Gasteiger partial charge in [-0.15, -0.1) is 0 Å². The Labute approximate surface area is 179 Å². The number of amides is 1. The molecule has 0 saturated heterocycles. The molecule has 0 aliphatic rings. The van der Waals surface area contributed by atoms with Gasteiger partial charge in [-0.1, -0.05) is 30.3 Å². The van der Waals surface area contributed by atoms with Gasteiger partial charge in [-0.05, 0) is 35.7 Å². The zero-order chi connectivity index (χ0) is 22.1. The van der Waals surface area contributed by atoms with E-state index in [-0.39, 0.29) is 12.5 Å². The van der Waals surface area contributed by atoms with E-state index in [1.165, 1.54) is 0 Å². The summed E-state index contributed by atoms with van der Waals surface area (Å²) in [6.07, 6.45) is 0. The highest BCUT2D eigenvalue weighted by Gasteiger charge is 2.14. The summed E-state index contributed by atoms with van der Waals surface area (Å²) in [5, 5.41) is 3.19. The second-order valence-corrected chi connectivity index (χ2v) is 7.26. The lowest BCUT2D eigenvalue weighted by atomic mass is 10.1. The van der Waals surface area contributed by atoms with Gasteiger partial charge in [-0.25, -0.2) is 4.99 Å². The number of aryl methyl sites for hydroxylation is 1. The molecule has 7 nitrogen and oxygen atoms in total. The zero-order valence-corrected chi connectivity index (χ0v) is 18.7. The van der Waals surface area contributed by atoms with E-state index in [0.717, 1.165) is 16.7 Å². The third-order valence-electron chi connectivity index (χ3n) is 4.76. The second-order valence-electron chi connectivity index (χ2n) is 7.26. The summed E-state index contributed by atoms with van der Waals surface area (Å²) in [7, 11) is 8.68. The van der Waals surface area contributed by atoms with Gasteiger partial charge in [-0.3, -0.25) is 4.79 Å². The van der Waals surface area contributed by atoms with Crippen molar-refractivity contribution < 1.29 is 14.3 Å². The van der Waals surface area contributed by atoms with Crippen molar-refractivity contribution in [1.29, 1.82) is 0 Å². The topological polar surface area (TPSA) is 66.4 Å². The quantitative estimate of drug-likeness (QED) is 0.533. The molecular weight excluding hydrogens is 380 g/mol. The van der Waals surface area contributed by atoms with Crippen molar-refractivity contribution in [2.75, 3.05) is 41.9 Å². The maximum absolute atomic E-state index is 12.1. The molecule has 0 aliphatic carbocycles. The van der Waals surface area contributed by atoms with Gasteiger partial charge in [0.25, 0.3) is 0 Å². The highest BCUT2D eigenvalue weighted by molar-refractivity contribution is 5.86. The van der Waals surface area contributed by atoms with Crippen LogP contribution in [0.1, 0.15) is 16.7 Å². The number of aliphatic imine (C=N–C) groups is 1. The van der Waals surface area contributed by atoms with Gasteiger partial charge in [0.15, 0.2) is 17.5 Å². The maximum atomic E-state index is 12.1. The highest BCUT2D eigenvalue weighted by Crippen LogP contribution is 2.30. The lowest BCUT2D eigenvalue weighted by Crippen LogP contribution is -2.43. The Morgan fingerprint density at radius 3 is 2.27 bits per heavy atom. The lowest BCUT2D eigenvalue weighted by Gasteiger charge is -2.24. The number of nitrogens with one attached hydrogen (secondary N) is 1. The molecule has 1 amide bonds. The van der Waals surface area contributed by atoms with E-state index in [1.54, 1.807) is 33.2 Å². The predicted molar refractivity (Wildman–Crippen MR) is 120 cm³/mol. The fraction of sp³-hybridized carbons (Fsp3) is 0.391. The molecule has 162 valence electrons. The van der Waals surface area contributed by atoms with E-state index >= 15 is 0 Å². The molecule has 30 heavy (non-hydrogen) atoms. The molecule has 0 atom stereocenters. The minimum atomic E-state index is -0.0156. The van der Waals surface area contributed by atoms with Gasteiger partial charge >= 0.3 is 0 Å². The van der Waals surface area contributed by atoms with E-state index in [0.29, 0.717) is 30.5 Å². The molecule has 0 heterocycles. The van der Waals surface area contributed by atoms with Crippen LogP contribution >= 0.6 is 0 Å². The van der Waals surface area contributed by atoms with Gasteiger partial charge in [0.2, 0.25) is 5.91 Å². The van der Waals surface area contributed by atoms with Crippen LogP contribution in [0, 0.1) is 6.92 Å². The second kappa shape index (κ2) is 11.1. The Bertz CT molecular complexity index is 866. The van der Waals surface area contributed by atoms with Crippen molar-refractivity contribution in [3.05, 3.63) is 59.2 Å². The Balaban J connectivity index is 2.22. The first-order valence-corrected chi connectivity index (χ1v) is 9.80. The van der Waals surface area contributed by atoms with Crippen molar-refractivity contribution >= 4 is 11.9 Å². The summed E-state index contributed by atoms with van der Waals surface area (Å²) < 4.78 is 10.8. The fourth-order valence-electron chi connectivity index (χ4n) is 2.90. The molecule has 0 fully saturated rings. The first-order chi connectivity index (χ1) is 14.3. The molecule has 0 spiro atoms. The minimum absolute atomic E-state index is 0.0156. The van der Waals surface area contributed by atoms with Gasteiger partial charge in [0.1, 0.15) is 0 Å². The number of guanidine groups is 1. The van der Waals surface area contributed by atoms with E-state index < -0.39 is 0 Å². The number of likely N-dealkylation sites (N-methyl/N-ethyl adjacent to an activating group) is 1. The number of nitrogens with zero attached hydrogens (tertiary/aromatic N) is 3. The standard InChI is InChI=1S/C23H32N4O3/c1-17-12-20(29-5)21(30-6)13-19(17)16-27(4)23(25-15-22(28)26(2)3)24-14-18-10-8-7-9-11-18/h7-13H,14-16H2,1-6H3,(H,24,25). The molecule has 1 N–H and O–H groups in total. The SMILES string of the molecule is COc1cc(C)c(CN(C)C(=NCc2ccccc2)NCC(=O)N(C)C)cc1OC. The largest absolute Gasteiger partial charge is 0.493 e. The summed E-state index contributed by atoms with van der Waals surface area (Å²) in [4.78, 5) is 20.4. The van der Waals surface area contributed by atoms with E-state index in [2.05, 4.69) is 5.32 Å². The summed E-state index contributed by atoms with van der Waals surface area (Å²) in [6, 6.07) is 14.0. The molecular formula is C23H32N4O3. The van der Waals surface area contributed by atoms with Crippen LogP contribution in [0.25, 0.3) is 0 Å². The van der Waals surface area contributed by atoms with Crippen LogP contribution in [0.15, 0.2) is 47.5 Å². The normalized spacial score (nSPS) is 11.1. The van der Waals surface area contributed by atoms with Gasteiger partial charge in [-0.2, -0.15) is 0 Å². The Kier molecular flexibility index (Phi) is 8.53. The van der Waals surface area contributed by atoms with Crippen LogP contribution in [0.2, 0.25) is 0 Å². The van der Waals surface area contributed by atoms with Crippen molar-refractivity contribution in [2.24, 2.45) is 4.99 Å².